The normalized spacial score (nSPS) is 17.0. The summed E-state index contributed by atoms with van der Waals surface area (Å²) < 4.78 is 5.49. The maximum absolute atomic E-state index is 11.1. The summed E-state index contributed by atoms with van der Waals surface area (Å²) in [6.45, 7) is 0. The monoisotopic (exact) mass is 254 g/mol. The van der Waals surface area contributed by atoms with Gasteiger partial charge in [0.05, 0.1) is 5.56 Å². The van der Waals surface area contributed by atoms with E-state index in [4.69, 9.17) is 21.4 Å². The zero-order valence-corrected chi connectivity index (χ0v) is 9.74. The van der Waals surface area contributed by atoms with Crippen molar-refractivity contribution >= 4 is 23.9 Å². The molecule has 17 heavy (non-hydrogen) atoms. The van der Waals surface area contributed by atoms with Crippen LogP contribution in [0.1, 0.15) is 29.6 Å². The number of benzene rings is 1. The second-order valence-electron chi connectivity index (χ2n) is 4.06. The Bertz CT molecular complexity index is 466. The number of ether oxygens (including phenoxy) is 1. The smallest absolute Gasteiger partial charge is 0.348 e. The fourth-order valence-corrected chi connectivity index (χ4v) is 1.95. The number of aldehydes is 1. The van der Waals surface area contributed by atoms with Crippen molar-refractivity contribution < 1.29 is 19.4 Å². The van der Waals surface area contributed by atoms with Gasteiger partial charge in [0.25, 0.3) is 0 Å². The van der Waals surface area contributed by atoms with Gasteiger partial charge in [0.1, 0.15) is 5.75 Å². The Kier molecular flexibility index (Phi) is 3.07. The van der Waals surface area contributed by atoms with Gasteiger partial charge in [-0.25, -0.2) is 4.79 Å². The zero-order valence-electron chi connectivity index (χ0n) is 8.98. The molecule has 0 saturated heterocycles. The van der Waals surface area contributed by atoms with E-state index in [1.165, 1.54) is 12.1 Å². The number of carboxylic acid groups (broad SMARTS) is 1. The van der Waals surface area contributed by atoms with E-state index < -0.39 is 11.6 Å². The van der Waals surface area contributed by atoms with Crippen LogP contribution in [0.2, 0.25) is 5.02 Å². The van der Waals surface area contributed by atoms with Crippen molar-refractivity contribution in [2.75, 3.05) is 0 Å². The topological polar surface area (TPSA) is 63.6 Å². The van der Waals surface area contributed by atoms with E-state index in [9.17, 15) is 9.59 Å². The number of halogens is 1. The summed E-state index contributed by atoms with van der Waals surface area (Å²) in [5.41, 5.74) is -0.906. The predicted octanol–water partition coefficient (Wildman–Crippen LogP) is 2.54. The van der Waals surface area contributed by atoms with E-state index in [1.54, 1.807) is 6.07 Å². The van der Waals surface area contributed by atoms with Crippen LogP contribution in [0.15, 0.2) is 18.2 Å². The molecule has 90 valence electrons. The molecule has 0 amide bonds. The molecule has 0 heterocycles. The van der Waals surface area contributed by atoms with E-state index in [2.05, 4.69) is 0 Å². The van der Waals surface area contributed by atoms with Crippen molar-refractivity contribution in [1.82, 2.24) is 0 Å². The lowest BCUT2D eigenvalue weighted by Gasteiger charge is -2.37. The highest BCUT2D eigenvalue weighted by molar-refractivity contribution is 6.30. The molecule has 5 heteroatoms. The fraction of sp³-hybridized carbons (Fsp3) is 0.333. The van der Waals surface area contributed by atoms with Crippen LogP contribution in [-0.4, -0.2) is 23.0 Å². The van der Waals surface area contributed by atoms with E-state index >= 15 is 0 Å². The molecule has 1 saturated carbocycles. The number of carbonyl (C=O) groups is 2. The Balaban J connectivity index is 2.29. The summed E-state index contributed by atoms with van der Waals surface area (Å²) in [4.78, 5) is 22.0. The van der Waals surface area contributed by atoms with Crippen molar-refractivity contribution in [2.24, 2.45) is 0 Å². The van der Waals surface area contributed by atoms with Crippen molar-refractivity contribution in [3.63, 3.8) is 0 Å². The third kappa shape index (κ3) is 2.13. The highest BCUT2D eigenvalue weighted by atomic mass is 35.5. The first-order valence-electron chi connectivity index (χ1n) is 5.24. The number of rotatable bonds is 4. The van der Waals surface area contributed by atoms with Gasteiger partial charge in [-0.15, -0.1) is 0 Å². The third-order valence-electron chi connectivity index (χ3n) is 2.96. The Labute approximate surface area is 103 Å². The summed E-state index contributed by atoms with van der Waals surface area (Å²) >= 11 is 5.75. The molecule has 1 aromatic carbocycles. The van der Waals surface area contributed by atoms with Crippen LogP contribution in [0.3, 0.4) is 0 Å². The van der Waals surface area contributed by atoms with Crippen LogP contribution in [0, 0.1) is 0 Å². The van der Waals surface area contributed by atoms with Gasteiger partial charge in [0, 0.05) is 5.02 Å². The molecule has 0 aliphatic heterocycles. The van der Waals surface area contributed by atoms with Gasteiger partial charge in [-0.3, -0.25) is 4.79 Å². The molecule has 1 aromatic rings. The van der Waals surface area contributed by atoms with Gasteiger partial charge in [-0.2, -0.15) is 0 Å². The molecule has 0 atom stereocenters. The minimum atomic E-state index is -1.18. The van der Waals surface area contributed by atoms with Crippen LogP contribution in [-0.2, 0) is 4.79 Å². The number of carbonyl (C=O) groups excluding carboxylic acids is 1. The van der Waals surface area contributed by atoms with Gasteiger partial charge < -0.3 is 9.84 Å². The molecule has 1 aliphatic rings. The highest BCUT2D eigenvalue weighted by Crippen LogP contribution is 2.38. The molecule has 0 radical (unpaired) electrons. The first-order chi connectivity index (χ1) is 8.07. The third-order valence-corrected chi connectivity index (χ3v) is 3.19. The van der Waals surface area contributed by atoms with Crippen LogP contribution < -0.4 is 4.74 Å². The Morgan fingerprint density at radius 2 is 2.18 bits per heavy atom. The van der Waals surface area contributed by atoms with Gasteiger partial charge in [0.15, 0.2) is 6.29 Å². The van der Waals surface area contributed by atoms with Gasteiger partial charge in [-0.05, 0) is 37.5 Å². The summed E-state index contributed by atoms with van der Waals surface area (Å²) in [5.74, 6) is -0.720. The quantitative estimate of drug-likeness (QED) is 0.839. The van der Waals surface area contributed by atoms with Crippen molar-refractivity contribution in [2.45, 2.75) is 24.9 Å². The molecule has 0 spiro atoms. The fourth-order valence-electron chi connectivity index (χ4n) is 1.77. The average Bonchev–Trinajstić information content (AvgIpc) is 2.24. The second kappa shape index (κ2) is 4.37. The summed E-state index contributed by atoms with van der Waals surface area (Å²) in [6, 6.07) is 4.55. The van der Waals surface area contributed by atoms with Crippen LogP contribution in [0.4, 0.5) is 0 Å². The number of hydrogen-bond donors (Lipinski definition) is 1. The standard InChI is InChI=1S/C12H11ClO4/c13-9-2-3-10(8(6-9)7-14)17-12(11(15)16)4-1-5-12/h2-3,6-7H,1,4-5H2,(H,15,16). The predicted molar refractivity (Wildman–Crippen MR) is 61.7 cm³/mol. The van der Waals surface area contributed by atoms with Crippen LogP contribution in [0.25, 0.3) is 0 Å². The number of carboxylic acids is 1. The lowest BCUT2D eigenvalue weighted by molar-refractivity contribution is -0.163. The molecule has 1 N–H and O–H groups in total. The molecule has 0 aromatic heterocycles. The van der Waals surface area contributed by atoms with Gasteiger partial charge >= 0.3 is 5.97 Å². The van der Waals surface area contributed by atoms with Crippen LogP contribution >= 0.6 is 11.6 Å². The molecule has 0 bridgehead atoms. The van der Waals surface area contributed by atoms with Gasteiger partial charge in [0.2, 0.25) is 5.60 Å². The molecular weight excluding hydrogens is 244 g/mol. The molecule has 2 rings (SSSR count). The van der Waals surface area contributed by atoms with E-state index in [-0.39, 0.29) is 11.3 Å². The molecular formula is C12H11ClO4. The first kappa shape index (κ1) is 11.9. The molecule has 1 fully saturated rings. The number of hydrogen-bond acceptors (Lipinski definition) is 3. The average molecular weight is 255 g/mol. The first-order valence-corrected chi connectivity index (χ1v) is 5.62. The lowest BCUT2D eigenvalue weighted by atomic mass is 9.80. The zero-order chi connectivity index (χ0) is 12.5. The maximum Gasteiger partial charge on any atom is 0.348 e. The summed E-state index contributed by atoms with van der Waals surface area (Å²) in [5, 5.41) is 9.54. The minimum Gasteiger partial charge on any atom is -0.478 e. The van der Waals surface area contributed by atoms with E-state index in [0.717, 1.165) is 6.42 Å². The summed E-state index contributed by atoms with van der Waals surface area (Å²) in [6.07, 6.45) is 2.35. The largest absolute Gasteiger partial charge is 0.478 e. The Morgan fingerprint density at radius 1 is 1.47 bits per heavy atom. The van der Waals surface area contributed by atoms with Crippen molar-refractivity contribution in [1.29, 1.82) is 0 Å². The molecule has 4 nitrogen and oxygen atoms in total. The van der Waals surface area contributed by atoms with Crippen molar-refractivity contribution in [3.05, 3.63) is 28.8 Å². The van der Waals surface area contributed by atoms with E-state index in [1.807, 2.05) is 0 Å². The molecule has 0 unspecified atom stereocenters. The van der Waals surface area contributed by atoms with Crippen LogP contribution in [0.5, 0.6) is 5.75 Å². The Morgan fingerprint density at radius 3 is 2.65 bits per heavy atom. The van der Waals surface area contributed by atoms with Gasteiger partial charge in [-0.1, -0.05) is 11.6 Å². The maximum atomic E-state index is 11.1. The highest BCUT2D eigenvalue weighted by Gasteiger charge is 2.47. The number of aliphatic carboxylic acids is 1. The summed E-state index contributed by atoms with van der Waals surface area (Å²) in [7, 11) is 0. The molecule has 1 aliphatic carbocycles. The Hall–Kier alpha value is -1.55. The van der Waals surface area contributed by atoms with E-state index in [0.29, 0.717) is 24.2 Å². The lowest BCUT2D eigenvalue weighted by Crippen LogP contribution is -2.50. The SMILES string of the molecule is O=Cc1cc(Cl)ccc1OC1(C(=O)O)CCC1. The second-order valence-corrected chi connectivity index (χ2v) is 4.49. The van der Waals surface area contributed by atoms with Crippen molar-refractivity contribution in [3.8, 4) is 5.75 Å². The minimum absolute atomic E-state index is 0.269.